The van der Waals surface area contributed by atoms with Crippen LogP contribution in [0.5, 0.6) is 0 Å². The largest absolute Gasteiger partial charge is 0.350 e. The van der Waals surface area contributed by atoms with Crippen molar-refractivity contribution >= 4 is 17.8 Å². The van der Waals surface area contributed by atoms with Gasteiger partial charge in [-0.3, -0.25) is 14.5 Å². The molecule has 0 unspecified atom stereocenters. The van der Waals surface area contributed by atoms with Gasteiger partial charge in [-0.25, -0.2) is 9.18 Å². The molecule has 2 fully saturated rings. The Labute approximate surface area is 204 Å². The van der Waals surface area contributed by atoms with Gasteiger partial charge in [0, 0.05) is 49.4 Å². The maximum atomic E-state index is 14.4. The van der Waals surface area contributed by atoms with Crippen molar-refractivity contribution in [3.63, 3.8) is 0 Å². The summed E-state index contributed by atoms with van der Waals surface area (Å²) in [5, 5.41) is 8.64. The molecular weight excluding hydrogens is 449 g/mol. The van der Waals surface area contributed by atoms with Crippen LogP contribution < -0.4 is 16.0 Å². The lowest BCUT2D eigenvalue weighted by molar-refractivity contribution is -0.143. The highest BCUT2D eigenvalue weighted by Gasteiger charge is 2.45. The van der Waals surface area contributed by atoms with Crippen LogP contribution in [-0.2, 0) is 11.3 Å². The van der Waals surface area contributed by atoms with E-state index in [0.717, 1.165) is 0 Å². The lowest BCUT2D eigenvalue weighted by atomic mass is 10.0. The van der Waals surface area contributed by atoms with E-state index >= 15 is 0 Å². The Morgan fingerprint density at radius 2 is 1.77 bits per heavy atom. The number of carbonyl (C=O) groups excluding carboxylic acids is 3. The molecule has 0 bridgehead atoms. The Kier molecular flexibility index (Phi) is 7.65. The van der Waals surface area contributed by atoms with E-state index in [0.29, 0.717) is 30.6 Å². The number of hydrogen-bond donors (Lipinski definition) is 3. The van der Waals surface area contributed by atoms with E-state index in [1.165, 1.54) is 6.07 Å². The summed E-state index contributed by atoms with van der Waals surface area (Å²) in [7, 11) is 0. The van der Waals surface area contributed by atoms with Crippen molar-refractivity contribution in [1.29, 1.82) is 0 Å². The van der Waals surface area contributed by atoms with Gasteiger partial charge in [0.05, 0.1) is 6.04 Å². The molecule has 0 aromatic heterocycles. The zero-order valence-corrected chi connectivity index (χ0v) is 20.0. The van der Waals surface area contributed by atoms with Gasteiger partial charge in [-0.05, 0) is 38.5 Å². The summed E-state index contributed by atoms with van der Waals surface area (Å²) in [5.74, 6) is -0.719. The molecule has 4 rings (SSSR count). The first-order valence-electron chi connectivity index (χ1n) is 12.0. The van der Waals surface area contributed by atoms with E-state index in [1.807, 2.05) is 24.8 Å². The summed E-state index contributed by atoms with van der Waals surface area (Å²) in [5.41, 5.74) is 1.01. The van der Waals surface area contributed by atoms with Crippen molar-refractivity contribution in [3.8, 4) is 0 Å². The molecular formula is C26H32FN5O3. The van der Waals surface area contributed by atoms with Crippen molar-refractivity contribution in [1.82, 2.24) is 25.8 Å². The fraction of sp³-hybridized carbons (Fsp3) is 0.423. The minimum Gasteiger partial charge on any atom is -0.350 e. The Bertz CT molecular complexity index is 1060. The number of nitrogens with zero attached hydrogens (tertiary/aromatic N) is 2. The molecule has 2 aromatic rings. The first-order chi connectivity index (χ1) is 16.8. The third kappa shape index (κ3) is 5.97. The molecule has 0 spiro atoms. The number of benzene rings is 2. The molecule has 2 heterocycles. The highest BCUT2D eigenvalue weighted by molar-refractivity contribution is 5.94. The van der Waals surface area contributed by atoms with Crippen LogP contribution in [0.15, 0.2) is 54.6 Å². The third-order valence-corrected chi connectivity index (χ3v) is 6.45. The van der Waals surface area contributed by atoms with Crippen molar-refractivity contribution in [3.05, 3.63) is 71.5 Å². The summed E-state index contributed by atoms with van der Waals surface area (Å²) >= 11 is 0. The number of rotatable bonds is 7. The molecule has 2 aromatic carbocycles. The second-order valence-corrected chi connectivity index (χ2v) is 9.46. The molecule has 0 radical (unpaired) electrons. The normalized spacial score (nSPS) is 22.1. The summed E-state index contributed by atoms with van der Waals surface area (Å²) in [6.07, 6.45) is 0.619. The van der Waals surface area contributed by atoms with E-state index in [2.05, 4.69) is 16.0 Å². The van der Waals surface area contributed by atoms with Crippen molar-refractivity contribution in [2.75, 3.05) is 19.6 Å². The number of urea groups is 1. The van der Waals surface area contributed by atoms with E-state index < -0.39 is 6.04 Å². The number of nitrogens with one attached hydrogen (secondary N) is 3. The minimum atomic E-state index is -0.637. The first-order valence-corrected chi connectivity index (χ1v) is 12.0. The number of fused-ring (bicyclic) bond motifs is 1. The second-order valence-electron chi connectivity index (χ2n) is 9.46. The molecule has 8 nitrogen and oxygen atoms in total. The molecule has 2 aliphatic heterocycles. The number of carbonyl (C=O) groups is 3. The molecule has 2 saturated heterocycles. The first kappa shape index (κ1) is 24.7. The topological polar surface area (TPSA) is 93.8 Å². The van der Waals surface area contributed by atoms with Crippen molar-refractivity contribution in [2.24, 2.45) is 0 Å². The monoisotopic (exact) mass is 481 g/mol. The molecule has 9 heteroatoms. The fourth-order valence-corrected chi connectivity index (χ4v) is 4.82. The predicted octanol–water partition coefficient (Wildman–Crippen LogP) is 2.12. The van der Waals surface area contributed by atoms with Crippen molar-refractivity contribution in [2.45, 2.75) is 51.0 Å². The molecule has 186 valence electrons. The van der Waals surface area contributed by atoms with E-state index in [9.17, 15) is 18.8 Å². The smallest absolute Gasteiger partial charge is 0.315 e. The fourth-order valence-electron chi connectivity index (χ4n) is 4.82. The van der Waals surface area contributed by atoms with Gasteiger partial charge in [0.2, 0.25) is 5.91 Å². The van der Waals surface area contributed by atoms with Gasteiger partial charge in [0.25, 0.3) is 5.91 Å². The van der Waals surface area contributed by atoms with E-state index in [4.69, 9.17) is 0 Å². The lowest BCUT2D eigenvalue weighted by Crippen LogP contribution is -2.62. The maximum Gasteiger partial charge on any atom is 0.315 e. The quantitative estimate of drug-likeness (QED) is 0.565. The van der Waals surface area contributed by atoms with Crippen LogP contribution in [0.25, 0.3) is 0 Å². The van der Waals surface area contributed by atoms with Crippen LogP contribution in [0, 0.1) is 5.82 Å². The summed E-state index contributed by atoms with van der Waals surface area (Å²) in [6, 6.07) is 14.2. The van der Waals surface area contributed by atoms with Crippen LogP contribution in [-0.4, -0.2) is 71.4 Å². The van der Waals surface area contributed by atoms with E-state index in [-0.39, 0.29) is 54.9 Å². The predicted molar refractivity (Wildman–Crippen MR) is 130 cm³/mol. The molecule has 4 amide bonds. The van der Waals surface area contributed by atoms with Gasteiger partial charge in [-0.2, -0.15) is 0 Å². The Balaban J connectivity index is 1.49. The van der Waals surface area contributed by atoms with E-state index in [1.54, 1.807) is 47.4 Å². The molecule has 35 heavy (non-hydrogen) atoms. The van der Waals surface area contributed by atoms with Gasteiger partial charge >= 0.3 is 6.03 Å². The van der Waals surface area contributed by atoms with Crippen LogP contribution in [0.1, 0.15) is 36.2 Å². The lowest BCUT2D eigenvalue weighted by Gasteiger charge is -2.42. The van der Waals surface area contributed by atoms with Gasteiger partial charge in [-0.15, -0.1) is 0 Å². The zero-order valence-electron chi connectivity index (χ0n) is 20.0. The number of hydrogen-bond acceptors (Lipinski definition) is 4. The highest BCUT2D eigenvalue weighted by Crippen LogP contribution is 2.28. The highest BCUT2D eigenvalue weighted by atomic mass is 19.1. The maximum absolute atomic E-state index is 14.4. The van der Waals surface area contributed by atoms with Crippen LogP contribution in [0.2, 0.25) is 0 Å². The van der Waals surface area contributed by atoms with Gasteiger partial charge in [0.1, 0.15) is 11.9 Å². The SMILES string of the molecule is CC(C)NC(=O)N[C@H]1C[C@H]2CN(Cc3ccccc3F)[C@@H](CNC(=O)c3ccccc3)C(=O)N2C1. The standard InChI is InChI=1S/C26H32FN5O3/c1-17(2)29-26(35)30-20-12-21-16-31(14-19-10-6-7-11-22(19)27)23(25(34)32(21)15-20)13-28-24(33)18-8-4-3-5-9-18/h3-11,17,20-21,23H,12-16H2,1-2H3,(H,28,33)(H2,29,30,35)/t20-,21-,23-/m0/s1. The van der Waals surface area contributed by atoms with Crippen molar-refractivity contribution < 1.29 is 18.8 Å². The Hall–Kier alpha value is -3.46. The Morgan fingerprint density at radius 1 is 1.06 bits per heavy atom. The summed E-state index contributed by atoms with van der Waals surface area (Å²) in [4.78, 5) is 42.1. The molecule has 2 aliphatic rings. The average molecular weight is 482 g/mol. The minimum absolute atomic E-state index is 0.00878. The second kappa shape index (κ2) is 10.9. The number of piperazine rings is 1. The molecule has 0 aliphatic carbocycles. The third-order valence-electron chi connectivity index (χ3n) is 6.45. The number of amides is 4. The van der Waals surface area contributed by atoms with Crippen LogP contribution in [0.3, 0.4) is 0 Å². The summed E-state index contributed by atoms with van der Waals surface area (Å²) < 4.78 is 14.4. The summed E-state index contributed by atoms with van der Waals surface area (Å²) in [6.45, 7) is 5.06. The van der Waals surface area contributed by atoms with Crippen LogP contribution in [0.4, 0.5) is 9.18 Å². The van der Waals surface area contributed by atoms with Gasteiger partial charge < -0.3 is 20.9 Å². The number of halogens is 1. The van der Waals surface area contributed by atoms with Gasteiger partial charge in [0.15, 0.2) is 0 Å². The molecule has 3 N–H and O–H groups in total. The molecule has 3 atom stereocenters. The van der Waals surface area contributed by atoms with Crippen LogP contribution >= 0.6 is 0 Å². The molecule has 0 saturated carbocycles. The Morgan fingerprint density at radius 3 is 2.49 bits per heavy atom. The average Bonchev–Trinajstić information content (AvgIpc) is 3.22. The zero-order chi connectivity index (χ0) is 24.9. The van der Waals surface area contributed by atoms with Gasteiger partial charge in [-0.1, -0.05) is 36.4 Å².